The number of aryl methyl sites for hydroxylation is 1. The minimum atomic E-state index is 0.232. The van der Waals surface area contributed by atoms with Crippen molar-refractivity contribution >= 4 is 0 Å². The molecule has 0 saturated heterocycles. The minimum Gasteiger partial charge on any atom is -0.493 e. The highest BCUT2D eigenvalue weighted by atomic mass is 16.5. The largest absolute Gasteiger partial charge is 0.493 e. The second kappa shape index (κ2) is 6.43. The number of nitrogens with one attached hydrogen (secondary N) is 1. The van der Waals surface area contributed by atoms with Gasteiger partial charge in [-0.1, -0.05) is 6.07 Å². The third kappa shape index (κ3) is 3.11. The summed E-state index contributed by atoms with van der Waals surface area (Å²) in [5.41, 5.74) is 2.31. The second-order valence-corrected chi connectivity index (χ2v) is 4.67. The maximum absolute atomic E-state index is 5.31. The zero-order valence-corrected chi connectivity index (χ0v) is 12.4. The number of hydrogen-bond donors (Lipinski definition) is 1. The molecule has 0 saturated carbocycles. The van der Waals surface area contributed by atoms with Crippen LogP contribution in [-0.2, 0) is 13.6 Å². The Balaban J connectivity index is 2.02. The number of benzene rings is 1. The fourth-order valence-electron chi connectivity index (χ4n) is 2.17. The second-order valence-electron chi connectivity index (χ2n) is 4.67. The molecule has 0 radical (unpaired) electrons. The highest BCUT2D eigenvalue weighted by molar-refractivity contribution is 5.42. The van der Waals surface area contributed by atoms with Gasteiger partial charge in [0, 0.05) is 25.8 Å². The van der Waals surface area contributed by atoms with Gasteiger partial charge in [-0.25, -0.2) is 0 Å². The van der Waals surface area contributed by atoms with Gasteiger partial charge in [0.25, 0.3) is 0 Å². The van der Waals surface area contributed by atoms with Gasteiger partial charge in [-0.15, -0.1) is 0 Å². The molecule has 0 aliphatic heterocycles. The molecule has 1 atom stereocenters. The van der Waals surface area contributed by atoms with Crippen molar-refractivity contribution in [3.8, 4) is 11.5 Å². The molecule has 2 aromatic rings. The van der Waals surface area contributed by atoms with Crippen LogP contribution < -0.4 is 14.8 Å². The summed E-state index contributed by atoms with van der Waals surface area (Å²) < 4.78 is 12.4. The Labute approximate surface area is 119 Å². The summed E-state index contributed by atoms with van der Waals surface area (Å²) in [7, 11) is 5.23. The Morgan fingerprint density at radius 3 is 2.55 bits per heavy atom. The highest BCUT2D eigenvalue weighted by Gasteiger charge is 2.10. The van der Waals surface area contributed by atoms with E-state index >= 15 is 0 Å². The fraction of sp³-hybridized carbons (Fsp3) is 0.400. The van der Waals surface area contributed by atoms with Crippen molar-refractivity contribution < 1.29 is 9.47 Å². The van der Waals surface area contributed by atoms with E-state index in [1.807, 2.05) is 42.2 Å². The maximum Gasteiger partial charge on any atom is 0.161 e. The first-order chi connectivity index (χ1) is 9.65. The quantitative estimate of drug-likeness (QED) is 0.878. The first kappa shape index (κ1) is 14.4. The van der Waals surface area contributed by atoms with E-state index in [2.05, 4.69) is 17.3 Å². The Morgan fingerprint density at radius 2 is 1.95 bits per heavy atom. The Kier molecular flexibility index (Phi) is 4.63. The third-order valence-corrected chi connectivity index (χ3v) is 3.36. The Morgan fingerprint density at radius 1 is 1.20 bits per heavy atom. The van der Waals surface area contributed by atoms with Crippen LogP contribution in [0.25, 0.3) is 0 Å². The number of aromatic nitrogens is 2. The molecule has 0 amide bonds. The lowest BCUT2D eigenvalue weighted by Gasteiger charge is -2.15. The number of nitrogens with zero attached hydrogens (tertiary/aromatic N) is 2. The van der Waals surface area contributed by atoms with Crippen LogP contribution in [0.5, 0.6) is 11.5 Å². The van der Waals surface area contributed by atoms with Gasteiger partial charge in [0.1, 0.15) is 0 Å². The van der Waals surface area contributed by atoms with Crippen LogP contribution in [0.3, 0.4) is 0 Å². The van der Waals surface area contributed by atoms with Crippen LogP contribution in [0, 0.1) is 0 Å². The number of ether oxygens (including phenoxy) is 2. The van der Waals surface area contributed by atoms with E-state index in [4.69, 9.17) is 9.47 Å². The van der Waals surface area contributed by atoms with Crippen molar-refractivity contribution in [2.24, 2.45) is 7.05 Å². The third-order valence-electron chi connectivity index (χ3n) is 3.36. The monoisotopic (exact) mass is 275 g/mol. The molecular formula is C15H21N3O2. The summed E-state index contributed by atoms with van der Waals surface area (Å²) in [5.74, 6) is 1.50. The summed E-state index contributed by atoms with van der Waals surface area (Å²) in [4.78, 5) is 0. The molecule has 1 unspecified atom stereocenters. The average molecular weight is 275 g/mol. The van der Waals surface area contributed by atoms with Gasteiger partial charge in [0.2, 0.25) is 0 Å². The summed E-state index contributed by atoms with van der Waals surface area (Å²) in [6.45, 7) is 2.88. The zero-order valence-electron chi connectivity index (χ0n) is 12.4. The smallest absolute Gasteiger partial charge is 0.161 e. The van der Waals surface area contributed by atoms with Gasteiger partial charge in [-0.05, 0) is 30.7 Å². The van der Waals surface area contributed by atoms with Crippen LogP contribution in [0.1, 0.15) is 24.2 Å². The van der Waals surface area contributed by atoms with Crippen LogP contribution in [0.4, 0.5) is 0 Å². The summed E-state index contributed by atoms with van der Waals surface area (Å²) >= 11 is 0. The minimum absolute atomic E-state index is 0.232. The number of rotatable bonds is 6. The molecule has 108 valence electrons. The number of hydrogen-bond acceptors (Lipinski definition) is 4. The van der Waals surface area contributed by atoms with Crippen molar-refractivity contribution in [2.75, 3.05) is 14.2 Å². The zero-order chi connectivity index (χ0) is 14.5. The molecule has 0 bridgehead atoms. The van der Waals surface area contributed by atoms with Gasteiger partial charge < -0.3 is 14.8 Å². The van der Waals surface area contributed by atoms with Crippen molar-refractivity contribution in [3.63, 3.8) is 0 Å². The molecule has 0 fully saturated rings. The Hall–Kier alpha value is -2.01. The molecule has 1 heterocycles. The fourth-order valence-corrected chi connectivity index (χ4v) is 2.17. The number of methoxy groups -OCH3 is 2. The summed E-state index contributed by atoms with van der Waals surface area (Å²) in [5, 5.41) is 7.66. The van der Waals surface area contributed by atoms with E-state index in [9.17, 15) is 0 Å². The van der Waals surface area contributed by atoms with E-state index in [0.717, 1.165) is 29.3 Å². The molecule has 2 rings (SSSR count). The van der Waals surface area contributed by atoms with Gasteiger partial charge >= 0.3 is 0 Å². The van der Waals surface area contributed by atoms with Gasteiger partial charge in [-0.2, -0.15) is 5.10 Å². The van der Waals surface area contributed by atoms with E-state index in [1.165, 1.54) is 0 Å². The lowest BCUT2D eigenvalue weighted by molar-refractivity contribution is 0.354. The van der Waals surface area contributed by atoms with Crippen LogP contribution in [0.2, 0.25) is 0 Å². The van der Waals surface area contributed by atoms with Crippen LogP contribution >= 0.6 is 0 Å². The van der Waals surface area contributed by atoms with Gasteiger partial charge in [-0.3, -0.25) is 4.68 Å². The standard InChI is InChI=1S/C15H21N3O2/c1-11(13-7-8-17-18(13)2)16-10-12-5-6-14(19-3)15(9-12)20-4/h5-9,11,16H,10H2,1-4H3. The maximum atomic E-state index is 5.31. The average Bonchev–Trinajstić information content (AvgIpc) is 2.90. The summed E-state index contributed by atoms with van der Waals surface area (Å²) in [6, 6.07) is 8.19. The molecule has 0 aliphatic rings. The van der Waals surface area contributed by atoms with Crippen LogP contribution in [0.15, 0.2) is 30.5 Å². The summed E-state index contributed by atoms with van der Waals surface area (Å²) in [6.07, 6.45) is 1.81. The molecule has 1 N–H and O–H groups in total. The van der Waals surface area contributed by atoms with E-state index in [0.29, 0.717) is 0 Å². The molecule has 0 spiro atoms. The Bertz CT molecular complexity index is 566. The van der Waals surface area contributed by atoms with Crippen molar-refractivity contribution in [1.29, 1.82) is 0 Å². The van der Waals surface area contributed by atoms with E-state index in [-0.39, 0.29) is 6.04 Å². The highest BCUT2D eigenvalue weighted by Crippen LogP contribution is 2.27. The van der Waals surface area contributed by atoms with Crippen molar-refractivity contribution in [2.45, 2.75) is 19.5 Å². The lowest BCUT2D eigenvalue weighted by Crippen LogP contribution is -2.20. The molecule has 1 aromatic heterocycles. The predicted octanol–water partition coefficient (Wildman–Crippen LogP) is 2.29. The normalized spacial score (nSPS) is 12.2. The lowest BCUT2D eigenvalue weighted by atomic mass is 10.1. The van der Waals surface area contributed by atoms with Crippen LogP contribution in [-0.4, -0.2) is 24.0 Å². The molecule has 5 nitrogen and oxygen atoms in total. The molecular weight excluding hydrogens is 254 g/mol. The molecule has 20 heavy (non-hydrogen) atoms. The SMILES string of the molecule is COc1ccc(CNC(C)c2ccnn2C)cc1OC. The predicted molar refractivity (Wildman–Crippen MR) is 78.0 cm³/mol. The van der Waals surface area contributed by atoms with Crippen molar-refractivity contribution in [1.82, 2.24) is 15.1 Å². The molecule has 5 heteroatoms. The topological polar surface area (TPSA) is 48.3 Å². The van der Waals surface area contributed by atoms with Crippen molar-refractivity contribution in [3.05, 3.63) is 41.7 Å². The molecule has 1 aromatic carbocycles. The van der Waals surface area contributed by atoms with E-state index < -0.39 is 0 Å². The first-order valence-electron chi connectivity index (χ1n) is 6.58. The van der Waals surface area contributed by atoms with E-state index in [1.54, 1.807) is 14.2 Å². The molecule has 0 aliphatic carbocycles. The van der Waals surface area contributed by atoms with Gasteiger partial charge in [0.15, 0.2) is 11.5 Å². The first-order valence-corrected chi connectivity index (χ1v) is 6.58. The van der Waals surface area contributed by atoms with Gasteiger partial charge in [0.05, 0.1) is 19.9 Å².